The zero-order valence-corrected chi connectivity index (χ0v) is 7.61. The average molecular weight is 155 g/mol. The molecule has 11 heavy (non-hydrogen) atoms. The minimum Gasteiger partial charge on any atom is -0.313 e. The molecule has 0 spiro atoms. The fraction of sp³-hybridized carbons (Fsp3) is 0.667. The maximum Gasteiger partial charge on any atom is 0.152 e. The Kier molecular flexibility index (Phi) is 5.75. The van der Waals surface area contributed by atoms with Crippen LogP contribution in [0.25, 0.3) is 0 Å². The molecule has 0 saturated heterocycles. The van der Waals surface area contributed by atoms with Crippen molar-refractivity contribution in [3.8, 4) is 0 Å². The first-order valence-electron chi connectivity index (χ1n) is 4.05. The second kappa shape index (κ2) is 6.10. The van der Waals surface area contributed by atoms with Gasteiger partial charge in [-0.1, -0.05) is 12.5 Å². The number of carbonyl (C=O) groups excluding carboxylic acids is 1. The third kappa shape index (κ3) is 7.26. The van der Waals surface area contributed by atoms with Crippen LogP contribution in [0, 0.1) is 0 Å². The number of carbonyl (C=O) groups is 1. The molecule has 0 bridgehead atoms. The highest BCUT2D eigenvalue weighted by atomic mass is 16.1. The molecule has 0 aromatic carbocycles. The lowest BCUT2D eigenvalue weighted by atomic mass is 10.2. The molecular weight excluding hydrogens is 138 g/mol. The van der Waals surface area contributed by atoms with Gasteiger partial charge >= 0.3 is 0 Å². The first-order chi connectivity index (χ1) is 5.16. The van der Waals surface area contributed by atoms with Gasteiger partial charge < -0.3 is 5.32 Å². The fourth-order valence-electron chi connectivity index (χ4n) is 0.860. The average Bonchev–Trinajstić information content (AvgIpc) is 1.86. The van der Waals surface area contributed by atoms with E-state index in [0.717, 1.165) is 25.1 Å². The summed E-state index contributed by atoms with van der Waals surface area (Å²) in [4.78, 5) is 10.6. The molecule has 0 fully saturated rings. The molecule has 64 valence electrons. The molecule has 2 heteroatoms. The van der Waals surface area contributed by atoms with Gasteiger partial charge in [0.25, 0.3) is 0 Å². The van der Waals surface area contributed by atoms with Crippen LogP contribution in [-0.2, 0) is 4.79 Å². The van der Waals surface area contributed by atoms with Crippen LogP contribution in [0.3, 0.4) is 0 Å². The Morgan fingerprint density at radius 2 is 2.09 bits per heavy atom. The van der Waals surface area contributed by atoms with Gasteiger partial charge in [-0.25, -0.2) is 0 Å². The molecule has 0 aliphatic heterocycles. The Morgan fingerprint density at radius 3 is 2.55 bits per heavy atom. The van der Waals surface area contributed by atoms with Gasteiger partial charge in [0.1, 0.15) is 0 Å². The molecule has 0 atom stereocenters. The largest absolute Gasteiger partial charge is 0.313 e. The number of hydrogen-bond donors (Lipinski definition) is 1. The molecule has 0 saturated carbocycles. The van der Waals surface area contributed by atoms with Gasteiger partial charge in [0.15, 0.2) is 5.78 Å². The van der Waals surface area contributed by atoms with Crippen molar-refractivity contribution in [3.05, 3.63) is 11.6 Å². The summed E-state index contributed by atoms with van der Waals surface area (Å²) in [7, 11) is 0. The van der Waals surface area contributed by atoms with E-state index < -0.39 is 0 Å². The Hall–Kier alpha value is -0.630. The lowest BCUT2D eigenvalue weighted by Crippen LogP contribution is -2.17. The highest BCUT2D eigenvalue weighted by molar-refractivity contribution is 5.87. The first kappa shape index (κ1) is 10.4. The third-order valence-corrected chi connectivity index (χ3v) is 1.28. The SMILES string of the molecule is CCCNC/C(C)=C\C(C)=O. The van der Waals surface area contributed by atoms with Crippen LogP contribution >= 0.6 is 0 Å². The monoisotopic (exact) mass is 155 g/mol. The number of hydrogen-bond acceptors (Lipinski definition) is 2. The summed E-state index contributed by atoms with van der Waals surface area (Å²) in [5.74, 6) is 0.126. The third-order valence-electron chi connectivity index (χ3n) is 1.28. The van der Waals surface area contributed by atoms with E-state index in [1.807, 2.05) is 6.92 Å². The van der Waals surface area contributed by atoms with E-state index in [4.69, 9.17) is 0 Å². The van der Waals surface area contributed by atoms with Crippen LogP contribution in [0.15, 0.2) is 11.6 Å². The maximum atomic E-state index is 10.6. The van der Waals surface area contributed by atoms with Gasteiger partial charge in [0, 0.05) is 6.54 Å². The summed E-state index contributed by atoms with van der Waals surface area (Å²) in [6, 6.07) is 0. The molecule has 0 unspecified atom stereocenters. The summed E-state index contributed by atoms with van der Waals surface area (Å²) >= 11 is 0. The molecule has 0 aromatic heterocycles. The normalized spacial score (nSPS) is 11.7. The van der Waals surface area contributed by atoms with Crippen molar-refractivity contribution >= 4 is 5.78 Å². The Balaban J connectivity index is 3.51. The van der Waals surface area contributed by atoms with Gasteiger partial charge in [-0.2, -0.15) is 0 Å². The van der Waals surface area contributed by atoms with Gasteiger partial charge in [-0.15, -0.1) is 0 Å². The van der Waals surface area contributed by atoms with E-state index in [0.29, 0.717) is 0 Å². The van der Waals surface area contributed by atoms with Gasteiger partial charge in [-0.3, -0.25) is 4.79 Å². The summed E-state index contributed by atoms with van der Waals surface area (Å²) < 4.78 is 0. The minimum absolute atomic E-state index is 0.126. The van der Waals surface area contributed by atoms with Gasteiger partial charge in [0.2, 0.25) is 0 Å². The lowest BCUT2D eigenvalue weighted by molar-refractivity contribution is -0.112. The smallest absolute Gasteiger partial charge is 0.152 e. The van der Waals surface area contributed by atoms with Crippen LogP contribution < -0.4 is 5.32 Å². The van der Waals surface area contributed by atoms with E-state index in [-0.39, 0.29) is 5.78 Å². The molecule has 1 N–H and O–H groups in total. The molecule has 0 aromatic rings. The molecule has 2 nitrogen and oxygen atoms in total. The molecule has 0 amide bonds. The Labute approximate surface area is 68.7 Å². The van der Waals surface area contributed by atoms with E-state index in [9.17, 15) is 4.79 Å². The number of rotatable bonds is 5. The number of nitrogens with one attached hydrogen (secondary N) is 1. The van der Waals surface area contributed by atoms with Crippen molar-refractivity contribution in [3.63, 3.8) is 0 Å². The first-order valence-corrected chi connectivity index (χ1v) is 4.05. The van der Waals surface area contributed by atoms with E-state index in [1.54, 1.807) is 13.0 Å². The summed E-state index contributed by atoms with van der Waals surface area (Å²) in [5, 5.41) is 3.22. The van der Waals surface area contributed by atoms with Crippen LogP contribution in [-0.4, -0.2) is 18.9 Å². The standard InChI is InChI=1S/C9H17NO/c1-4-5-10-7-8(2)6-9(3)11/h6,10H,4-5,7H2,1-3H3/b8-6-. The molecule has 0 rings (SSSR count). The zero-order chi connectivity index (χ0) is 8.69. The van der Waals surface area contributed by atoms with Crippen molar-refractivity contribution in [2.24, 2.45) is 0 Å². The second-order valence-corrected chi connectivity index (χ2v) is 2.78. The highest BCUT2D eigenvalue weighted by Gasteiger charge is 1.90. The molecule has 0 radical (unpaired) electrons. The Morgan fingerprint density at radius 1 is 1.45 bits per heavy atom. The maximum absolute atomic E-state index is 10.6. The molecular formula is C9H17NO. The van der Waals surface area contributed by atoms with Crippen LogP contribution in [0.2, 0.25) is 0 Å². The van der Waals surface area contributed by atoms with E-state index in [1.165, 1.54) is 0 Å². The summed E-state index contributed by atoms with van der Waals surface area (Å²) in [5.41, 5.74) is 1.10. The van der Waals surface area contributed by atoms with E-state index in [2.05, 4.69) is 12.2 Å². The lowest BCUT2D eigenvalue weighted by Gasteiger charge is -2.01. The number of allylic oxidation sites excluding steroid dienone is 1. The molecule has 0 aliphatic rings. The number of ketones is 1. The summed E-state index contributed by atoms with van der Waals surface area (Å²) in [6.07, 6.45) is 2.80. The van der Waals surface area contributed by atoms with Crippen molar-refractivity contribution in [2.45, 2.75) is 27.2 Å². The van der Waals surface area contributed by atoms with Crippen LogP contribution in [0.1, 0.15) is 27.2 Å². The van der Waals surface area contributed by atoms with Gasteiger partial charge in [0.05, 0.1) is 0 Å². The fourth-order valence-corrected chi connectivity index (χ4v) is 0.860. The molecule has 0 heterocycles. The predicted octanol–water partition coefficient (Wildman–Crippen LogP) is 1.52. The molecule has 0 aliphatic carbocycles. The van der Waals surface area contributed by atoms with Crippen LogP contribution in [0.4, 0.5) is 0 Å². The quantitative estimate of drug-likeness (QED) is 0.482. The summed E-state index contributed by atoms with van der Waals surface area (Å²) in [6.45, 7) is 7.50. The van der Waals surface area contributed by atoms with Crippen molar-refractivity contribution in [1.82, 2.24) is 5.32 Å². The Bertz CT molecular complexity index is 150. The predicted molar refractivity (Wildman–Crippen MR) is 47.6 cm³/mol. The topological polar surface area (TPSA) is 29.1 Å². The van der Waals surface area contributed by atoms with Crippen LogP contribution in [0.5, 0.6) is 0 Å². The van der Waals surface area contributed by atoms with Crippen molar-refractivity contribution in [1.29, 1.82) is 0 Å². The van der Waals surface area contributed by atoms with Crippen molar-refractivity contribution < 1.29 is 4.79 Å². The zero-order valence-electron chi connectivity index (χ0n) is 7.61. The van der Waals surface area contributed by atoms with Crippen molar-refractivity contribution in [2.75, 3.05) is 13.1 Å². The second-order valence-electron chi connectivity index (χ2n) is 2.78. The highest BCUT2D eigenvalue weighted by Crippen LogP contribution is 1.89. The van der Waals surface area contributed by atoms with Gasteiger partial charge in [-0.05, 0) is 32.9 Å². The van der Waals surface area contributed by atoms with E-state index >= 15 is 0 Å². The minimum atomic E-state index is 0.126.